The van der Waals surface area contributed by atoms with E-state index in [9.17, 15) is 4.79 Å². The number of aromatic nitrogens is 3. The molecule has 1 aromatic heterocycles. The van der Waals surface area contributed by atoms with Crippen LogP contribution in [0.4, 0.5) is 5.69 Å². The maximum Gasteiger partial charge on any atom is 0.338 e. The standard InChI is InChI=1S/C10H10N4O2S/c11-7-3-1-2-6(8(7)9(15)16)4-17-10-12-5-13-14-10/h1-3,5H,4,11H2,(H,15,16)(H,12,13,14). The van der Waals surface area contributed by atoms with Crippen LogP contribution >= 0.6 is 11.8 Å². The molecule has 17 heavy (non-hydrogen) atoms. The van der Waals surface area contributed by atoms with E-state index < -0.39 is 5.97 Å². The third-order valence-corrected chi connectivity index (χ3v) is 3.08. The largest absolute Gasteiger partial charge is 0.478 e. The predicted octanol–water partition coefficient (Wildman–Crippen LogP) is 1.38. The minimum atomic E-state index is -1.02. The number of anilines is 1. The number of nitrogen functional groups attached to an aromatic ring is 1. The normalized spacial score (nSPS) is 10.4. The van der Waals surface area contributed by atoms with Gasteiger partial charge in [0.15, 0.2) is 5.16 Å². The van der Waals surface area contributed by atoms with Gasteiger partial charge in [0, 0.05) is 11.4 Å². The Kier molecular flexibility index (Phi) is 3.29. The number of nitrogens with one attached hydrogen (secondary N) is 1. The van der Waals surface area contributed by atoms with Crippen molar-refractivity contribution in [3.63, 3.8) is 0 Å². The van der Waals surface area contributed by atoms with E-state index in [4.69, 9.17) is 10.8 Å². The van der Waals surface area contributed by atoms with Gasteiger partial charge in [-0.25, -0.2) is 9.78 Å². The van der Waals surface area contributed by atoms with Crippen molar-refractivity contribution in [1.82, 2.24) is 15.2 Å². The van der Waals surface area contributed by atoms with Gasteiger partial charge in [0.2, 0.25) is 0 Å². The van der Waals surface area contributed by atoms with Crippen LogP contribution in [0.25, 0.3) is 0 Å². The van der Waals surface area contributed by atoms with Crippen LogP contribution in [0.2, 0.25) is 0 Å². The summed E-state index contributed by atoms with van der Waals surface area (Å²) >= 11 is 1.37. The zero-order valence-corrected chi connectivity index (χ0v) is 9.57. The van der Waals surface area contributed by atoms with Crippen molar-refractivity contribution in [2.24, 2.45) is 0 Å². The van der Waals surface area contributed by atoms with Crippen molar-refractivity contribution in [2.45, 2.75) is 10.9 Å². The average molecular weight is 250 g/mol. The van der Waals surface area contributed by atoms with Gasteiger partial charge in [-0.1, -0.05) is 23.9 Å². The molecule has 88 valence electrons. The molecule has 1 heterocycles. The average Bonchev–Trinajstić information content (AvgIpc) is 2.78. The van der Waals surface area contributed by atoms with E-state index in [2.05, 4.69) is 15.2 Å². The highest BCUT2D eigenvalue weighted by atomic mass is 32.2. The SMILES string of the molecule is Nc1cccc(CSc2ncn[nH]2)c1C(=O)O. The number of H-pyrrole nitrogens is 1. The summed E-state index contributed by atoms with van der Waals surface area (Å²) in [6.07, 6.45) is 1.40. The van der Waals surface area contributed by atoms with E-state index in [0.717, 1.165) is 0 Å². The minimum absolute atomic E-state index is 0.152. The number of carboxylic acids is 1. The number of carbonyl (C=O) groups is 1. The lowest BCUT2D eigenvalue weighted by Crippen LogP contribution is -2.06. The fourth-order valence-corrected chi connectivity index (χ4v) is 2.18. The molecule has 1 aromatic carbocycles. The first-order valence-corrected chi connectivity index (χ1v) is 5.76. The molecule has 0 bridgehead atoms. The monoisotopic (exact) mass is 250 g/mol. The van der Waals surface area contributed by atoms with Gasteiger partial charge in [0.25, 0.3) is 0 Å². The summed E-state index contributed by atoms with van der Waals surface area (Å²) in [5, 5.41) is 16.1. The number of aromatic amines is 1. The summed E-state index contributed by atoms with van der Waals surface area (Å²) in [4.78, 5) is 15.0. The number of hydrogen-bond acceptors (Lipinski definition) is 5. The van der Waals surface area contributed by atoms with Crippen LogP contribution in [-0.2, 0) is 5.75 Å². The molecule has 0 radical (unpaired) electrons. The van der Waals surface area contributed by atoms with Gasteiger partial charge in [0.05, 0.1) is 5.56 Å². The Labute approximate surface area is 101 Å². The van der Waals surface area contributed by atoms with Gasteiger partial charge >= 0.3 is 5.97 Å². The fraction of sp³-hybridized carbons (Fsp3) is 0.100. The molecule has 2 aromatic rings. The van der Waals surface area contributed by atoms with Crippen LogP contribution in [-0.4, -0.2) is 26.3 Å². The van der Waals surface area contributed by atoms with E-state index in [1.807, 2.05) is 0 Å². The topological polar surface area (TPSA) is 105 Å². The smallest absolute Gasteiger partial charge is 0.338 e. The van der Waals surface area contributed by atoms with Gasteiger partial charge in [-0.2, -0.15) is 5.10 Å². The van der Waals surface area contributed by atoms with Crippen molar-refractivity contribution in [2.75, 3.05) is 5.73 Å². The number of thioether (sulfide) groups is 1. The van der Waals surface area contributed by atoms with E-state index >= 15 is 0 Å². The highest BCUT2D eigenvalue weighted by molar-refractivity contribution is 7.98. The molecule has 0 aliphatic carbocycles. The number of carboxylic acid groups (broad SMARTS) is 1. The number of nitrogens with zero attached hydrogens (tertiary/aromatic N) is 2. The highest BCUT2D eigenvalue weighted by Gasteiger charge is 2.13. The predicted molar refractivity (Wildman–Crippen MR) is 63.8 cm³/mol. The molecule has 0 saturated carbocycles. The lowest BCUT2D eigenvalue weighted by Gasteiger charge is -2.07. The van der Waals surface area contributed by atoms with Crippen LogP contribution in [0.5, 0.6) is 0 Å². The first-order valence-electron chi connectivity index (χ1n) is 4.77. The van der Waals surface area contributed by atoms with Gasteiger partial charge in [-0.05, 0) is 11.6 Å². The van der Waals surface area contributed by atoms with E-state index in [0.29, 0.717) is 16.5 Å². The minimum Gasteiger partial charge on any atom is -0.478 e. The van der Waals surface area contributed by atoms with Crippen LogP contribution in [0, 0.1) is 0 Å². The van der Waals surface area contributed by atoms with Gasteiger partial charge in [-0.3, -0.25) is 5.10 Å². The Hall–Kier alpha value is -2.02. The number of nitrogens with two attached hydrogens (primary N) is 1. The molecular formula is C10H10N4O2S. The third-order valence-electron chi connectivity index (χ3n) is 2.15. The van der Waals surface area contributed by atoms with E-state index in [-0.39, 0.29) is 11.3 Å². The Balaban J connectivity index is 2.21. The molecule has 0 spiro atoms. The maximum absolute atomic E-state index is 11.1. The molecule has 0 atom stereocenters. The van der Waals surface area contributed by atoms with Crippen molar-refractivity contribution in [1.29, 1.82) is 0 Å². The summed E-state index contributed by atoms with van der Waals surface area (Å²) in [5.41, 5.74) is 6.73. The second-order valence-electron chi connectivity index (χ2n) is 3.27. The molecule has 0 fully saturated rings. The highest BCUT2D eigenvalue weighted by Crippen LogP contribution is 2.24. The molecule has 0 unspecified atom stereocenters. The first-order chi connectivity index (χ1) is 8.18. The zero-order chi connectivity index (χ0) is 12.3. The van der Waals surface area contributed by atoms with E-state index in [1.165, 1.54) is 18.1 Å². The van der Waals surface area contributed by atoms with Crippen molar-refractivity contribution in [3.8, 4) is 0 Å². The van der Waals surface area contributed by atoms with Gasteiger partial charge < -0.3 is 10.8 Å². The zero-order valence-electron chi connectivity index (χ0n) is 8.75. The quantitative estimate of drug-likeness (QED) is 0.559. The number of hydrogen-bond donors (Lipinski definition) is 3. The van der Waals surface area contributed by atoms with Crippen molar-refractivity contribution >= 4 is 23.4 Å². The lowest BCUT2D eigenvalue weighted by atomic mass is 10.1. The van der Waals surface area contributed by atoms with Crippen molar-refractivity contribution < 1.29 is 9.90 Å². The van der Waals surface area contributed by atoms with E-state index in [1.54, 1.807) is 18.2 Å². The second-order valence-corrected chi connectivity index (χ2v) is 4.23. The molecule has 2 rings (SSSR count). The Morgan fingerprint density at radius 3 is 3.00 bits per heavy atom. The molecule has 0 saturated heterocycles. The number of benzene rings is 1. The Morgan fingerprint density at radius 2 is 2.35 bits per heavy atom. The molecule has 7 heteroatoms. The summed E-state index contributed by atoms with van der Waals surface area (Å²) in [5.74, 6) is -0.543. The molecule has 0 aliphatic heterocycles. The molecular weight excluding hydrogens is 240 g/mol. The summed E-state index contributed by atoms with van der Waals surface area (Å²) in [6.45, 7) is 0. The third kappa shape index (κ3) is 2.56. The van der Waals surface area contributed by atoms with Gasteiger partial charge in [-0.15, -0.1) is 0 Å². The van der Waals surface area contributed by atoms with Crippen LogP contribution in [0.15, 0.2) is 29.7 Å². The molecule has 0 amide bonds. The van der Waals surface area contributed by atoms with Crippen LogP contribution in [0.1, 0.15) is 15.9 Å². The molecule has 4 N–H and O–H groups in total. The Morgan fingerprint density at radius 1 is 1.53 bits per heavy atom. The lowest BCUT2D eigenvalue weighted by molar-refractivity contribution is 0.0697. The van der Waals surface area contributed by atoms with Crippen molar-refractivity contribution in [3.05, 3.63) is 35.7 Å². The molecule has 0 aliphatic rings. The summed E-state index contributed by atoms with van der Waals surface area (Å²) < 4.78 is 0. The summed E-state index contributed by atoms with van der Waals surface area (Å²) in [6, 6.07) is 5.05. The number of rotatable bonds is 4. The second kappa shape index (κ2) is 4.88. The Bertz CT molecular complexity index is 527. The maximum atomic E-state index is 11.1. The van der Waals surface area contributed by atoms with Crippen LogP contribution in [0.3, 0.4) is 0 Å². The summed E-state index contributed by atoms with van der Waals surface area (Å²) in [7, 11) is 0. The fourth-order valence-electron chi connectivity index (χ4n) is 1.41. The first kappa shape index (κ1) is 11.5. The van der Waals surface area contributed by atoms with Gasteiger partial charge in [0.1, 0.15) is 6.33 Å². The molecule has 6 nitrogen and oxygen atoms in total. The van der Waals surface area contributed by atoms with Crippen LogP contribution < -0.4 is 5.73 Å². The number of aromatic carboxylic acids is 1.